The highest BCUT2D eigenvalue weighted by molar-refractivity contribution is 6.30. The fraction of sp³-hybridized carbons (Fsp3) is 0.125. The summed E-state index contributed by atoms with van der Waals surface area (Å²) in [4.78, 5) is 58.0. The molecule has 0 unspecified atom stereocenters. The van der Waals surface area contributed by atoms with Crippen LogP contribution in [0.1, 0.15) is 43.3 Å². The van der Waals surface area contributed by atoms with Crippen LogP contribution in [0.15, 0.2) is 97.1 Å². The molecule has 0 N–H and O–H groups in total. The molecule has 9 heteroatoms. The van der Waals surface area contributed by atoms with Crippen LogP contribution < -0.4 is 0 Å². The summed E-state index contributed by atoms with van der Waals surface area (Å²) in [6.45, 7) is -0.505. The van der Waals surface area contributed by atoms with Crippen LogP contribution in [-0.2, 0) is 20.9 Å². The molecule has 0 bridgehead atoms. The van der Waals surface area contributed by atoms with Gasteiger partial charge < -0.3 is 9.57 Å². The Morgan fingerprint density at radius 3 is 1.80 bits per heavy atom. The number of carbonyl (C=O) groups is 4. The summed E-state index contributed by atoms with van der Waals surface area (Å²) in [7, 11) is 0. The first-order valence-corrected chi connectivity index (χ1v) is 13.3. The Labute approximate surface area is 240 Å². The van der Waals surface area contributed by atoms with Crippen molar-refractivity contribution in [2.24, 2.45) is 0 Å². The van der Waals surface area contributed by atoms with Crippen molar-refractivity contribution in [3.8, 4) is 11.1 Å². The van der Waals surface area contributed by atoms with Crippen molar-refractivity contribution in [1.29, 1.82) is 0 Å². The summed E-state index contributed by atoms with van der Waals surface area (Å²) in [6.07, 6.45) is -0.749. The van der Waals surface area contributed by atoms with Crippen LogP contribution in [0.4, 0.5) is 4.79 Å². The first-order valence-electron chi connectivity index (χ1n) is 12.9. The van der Waals surface area contributed by atoms with Crippen molar-refractivity contribution >= 4 is 35.5 Å². The van der Waals surface area contributed by atoms with Gasteiger partial charge in [0.05, 0.1) is 11.1 Å². The number of benzene rings is 4. The first kappa shape index (κ1) is 26.3. The molecule has 1 aliphatic carbocycles. The number of hydroxylamine groups is 2. The minimum atomic E-state index is -0.970. The van der Waals surface area contributed by atoms with Gasteiger partial charge in [0.15, 0.2) is 0 Å². The maximum atomic E-state index is 13.4. The maximum absolute atomic E-state index is 13.4. The average Bonchev–Trinajstić information content (AvgIpc) is 3.44. The predicted octanol–water partition coefficient (Wildman–Crippen LogP) is 5.85. The molecule has 204 valence electrons. The Bertz CT molecular complexity index is 1610. The number of hydrogen-bond donors (Lipinski definition) is 0. The molecule has 0 saturated carbocycles. The second-order valence-electron chi connectivity index (χ2n) is 9.70. The first-order chi connectivity index (χ1) is 19.9. The Kier molecular flexibility index (Phi) is 6.99. The van der Waals surface area contributed by atoms with Crippen LogP contribution in [0.3, 0.4) is 0 Å². The van der Waals surface area contributed by atoms with E-state index < -0.39 is 30.4 Å². The van der Waals surface area contributed by atoms with Crippen molar-refractivity contribution in [1.82, 2.24) is 9.96 Å². The van der Waals surface area contributed by atoms with E-state index in [4.69, 9.17) is 21.2 Å². The van der Waals surface area contributed by atoms with Gasteiger partial charge in [-0.25, -0.2) is 9.59 Å². The Balaban J connectivity index is 1.18. The van der Waals surface area contributed by atoms with E-state index in [9.17, 15) is 19.2 Å². The average molecular weight is 567 g/mol. The monoisotopic (exact) mass is 566 g/mol. The number of imide groups is 1. The Morgan fingerprint density at radius 1 is 0.732 bits per heavy atom. The molecule has 0 fully saturated rings. The van der Waals surface area contributed by atoms with Gasteiger partial charge in [0.1, 0.15) is 13.2 Å². The van der Waals surface area contributed by atoms with Gasteiger partial charge >= 0.3 is 12.1 Å². The number of carbonyl (C=O) groups excluding carboxylic acids is 4. The molecule has 0 radical (unpaired) electrons. The zero-order valence-corrected chi connectivity index (χ0v) is 22.4. The fourth-order valence-corrected chi connectivity index (χ4v) is 5.34. The Morgan fingerprint density at radius 2 is 1.24 bits per heavy atom. The summed E-state index contributed by atoms with van der Waals surface area (Å²) in [5.41, 5.74) is 5.25. The highest BCUT2D eigenvalue weighted by Gasteiger charge is 2.39. The summed E-state index contributed by atoms with van der Waals surface area (Å²) >= 11 is 6.01. The molecule has 6 rings (SSSR count). The second kappa shape index (κ2) is 10.9. The lowest BCUT2D eigenvalue weighted by molar-refractivity contribution is -0.169. The largest absolute Gasteiger partial charge is 0.448 e. The van der Waals surface area contributed by atoms with E-state index >= 15 is 0 Å². The molecule has 2 aliphatic rings. The molecule has 8 nitrogen and oxygen atoms in total. The lowest BCUT2D eigenvalue weighted by Crippen LogP contribution is -2.40. The van der Waals surface area contributed by atoms with Crippen molar-refractivity contribution in [3.63, 3.8) is 0 Å². The lowest BCUT2D eigenvalue weighted by atomic mass is 9.98. The van der Waals surface area contributed by atoms with E-state index in [1.165, 1.54) is 12.1 Å². The topological polar surface area (TPSA) is 93.2 Å². The molecule has 0 spiro atoms. The highest BCUT2D eigenvalue weighted by atomic mass is 35.5. The fourth-order valence-electron chi connectivity index (χ4n) is 5.22. The third-order valence-corrected chi connectivity index (χ3v) is 7.40. The zero-order chi connectivity index (χ0) is 28.5. The summed E-state index contributed by atoms with van der Waals surface area (Å²) in [6, 6.07) is 28.9. The molecule has 41 heavy (non-hydrogen) atoms. The number of fused-ring (bicyclic) bond motifs is 4. The van der Waals surface area contributed by atoms with Crippen molar-refractivity contribution in [2.75, 3.05) is 13.2 Å². The van der Waals surface area contributed by atoms with E-state index in [0.29, 0.717) is 15.6 Å². The molecule has 0 aromatic heterocycles. The van der Waals surface area contributed by atoms with Gasteiger partial charge in [0.25, 0.3) is 11.8 Å². The molecule has 1 heterocycles. The Hall–Kier alpha value is -4.95. The second-order valence-corrected chi connectivity index (χ2v) is 10.1. The van der Waals surface area contributed by atoms with E-state index in [2.05, 4.69) is 0 Å². The molecule has 0 atom stereocenters. The number of amides is 3. The molecule has 1 aliphatic heterocycles. The van der Waals surface area contributed by atoms with Crippen LogP contribution in [0.5, 0.6) is 0 Å². The number of rotatable bonds is 7. The smallest absolute Gasteiger partial charge is 0.410 e. The van der Waals surface area contributed by atoms with Crippen LogP contribution >= 0.6 is 11.6 Å². The molecular weight excluding hydrogens is 544 g/mol. The highest BCUT2D eigenvalue weighted by Crippen LogP contribution is 2.44. The number of halogens is 1. The summed E-state index contributed by atoms with van der Waals surface area (Å²) in [5, 5.41) is 0.942. The van der Waals surface area contributed by atoms with Crippen molar-refractivity contribution in [3.05, 3.63) is 130 Å². The van der Waals surface area contributed by atoms with Gasteiger partial charge in [-0.05, 0) is 52.1 Å². The van der Waals surface area contributed by atoms with Gasteiger partial charge in [0.2, 0.25) is 0 Å². The van der Waals surface area contributed by atoms with Crippen LogP contribution in [0.25, 0.3) is 11.1 Å². The minimum absolute atomic E-state index is 0.00502. The summed E-state index contributed by atoms with van der Waals surface area (Å²) in [5.74, 6) is -2.63. The minimum Gasteiger partial charge on any atom is -0.448 e. The van der Waals surface area contributed by atoms with Crippen LogP contribution in [0, 0.1) is 0 Å². The van der Waals surface area contributed by atoms with E-state index in [-0.39, 0.29) is 30.2 Å². The van der Waals surface area contributed by atoms with Gasteiger partial charge in [-0.3, -0.25) is 14.5 Å². The molecule has 0 saturated heterocycles. The molecular formula is C32H23ClN2O6. The molecule has 4 aromatic rings. The third-order valence-electron chi connectivity index (χ3n) is 7.15. The summed E-state index contributed by atoms with van der Waals surface area (Å²) < 4.78 is 5.77. The molecule has 4 aromatic carbocycles. The third kappa shape index (κ3) is 5.05. The number of nitrogens with zero attached hydrogens (tertiary/aromatic N) is 2. The van der Waals surface area contributed by atoms with Gasteiger partial charge in [-0.1, -0.05) is 89.5 Å². The standard InChI is InChI=1S/C32H23ClN2O6/c33-21-15-13-20(14-16-21)17-34(18-29(36)41-35-30(37)26-11-5-6-12-27(26)31(35)38)32(39)40-19-28-24-9-3-1-7-22(24)23-8-2-4-10-25(23)28/h1-16,28H,17-19H2. The van der Waals surface area contributed by atoms with Crippen LogP contribution in [0.2, 0.25) is 5.02 Å². The molecule has 3 amide bonds. The van der Waals surface area contributed by atoms with E-state index in [0.717, 1.165) is 27.2 Å². The predicted molar refractivity (Wildman–Crippen MR) is 150 cm³/mol. The number of hydrogen-bond acceptors (Lipinski definition) is 6. The number of ether oxygens (including phenoxy) is 1. The maximum Gasteiger partial charge on any atom is 0.410 e. The van der Waals surface area contributed by atoms with Gasteiger partial charge in [-0.2, -0.15) is 0 Å². The van der Waals surface area contributed by atoms with Crippen molar-refractivity contribution in [2.45, 2.75) is 12.5 Å². The quantitative estimate of drug-likeness (QED) is 0.261. The lowest BCUT2D eigenvalue weighted by Gasteiger charge is -2.23. The normalized spacial score (nSPS) is 13.4. The van der Waals surface area contributed by atoms with Gasteiger partial charge in [0, 0.05) is 17.5 Å². The zero-order valence-electron chi connectivity index (χ0n) is 21.7. The van der Waals surface area contributed by atoms with Crippen molar-refractivity contribution < 1.29 is 28.8 Å². The van der Waals surface area contributed by atoms with E-state index in [1.807, 2.05) is 48.5 Å². The van der Waals surface area contributed by atoms with E-state index in [1.54, 1.807) is 36.4 Å². The van der Waals surface area contributed by atoms with Gasteiger partial charge in [-0.15, -0.1) is 0 Å². The van der Waals surface area contributed by atoms with Crippen LogP contribution in [-0.4, -0.2) is 47.0 Å². The SMILES string of the molecule is O=C(CN(Cc1ccc(Cl)cc1)C(=O)OCC1c2ccccc2-c2ccccc21)ON1C(=O)c2ccccc2C1=O.